The number of piperidine rings is 1. The number of aliphatic hydroxyl groups is 1. The molecule has 1 amide bonds. The molecular formula is C13H16BrNO3. The largest absolute Gasteiger partial charge is 0.497 e. The molecule has 1 N–H and O–H groups in total. The van der Waals surface area contributed by atoms with Gasteiger partial charge in [0.05, 0.1) is 18.8 Å². The van der Waals surface area contributed by atoms with Gasteiger partial charge >= 0.3 is 0 Å². The highest BCUT2D eigenvalue weighted by molar-refractivity contribution is 9.10. The van der Waals surface area contributed by atoms with E-state index in [1.54, 1.807) is 24.1 Å². The SMILES string of the molecule is COc1ccc(Br)c(C(=O)N2CCC(O)CC2)c1. The van der Waals surface area contributed by atoms with Crippen LogP contribution in [0, 0.1) is 0 Å². The first-order valence-corrected chi connectivity index (χ1v) is 6.72. The lowest BCUT2D eigenvalue weighted by Crippen LogP contribution is -2.40. The number of likely N-dealkylation sites (tertiary alicyclic amines) is 1. The standard InChI is InChI=1S/C13H16BrNO3/c1-18-10-2-3-12(14)11(8-10)13(17)15-6-4-9(16)5-7-15/h2-3,8-9,16H,4-7H2,1H3. The maximum atomic E-state index is 12.4. The van der Waals surface area contributed by atoms with E-state index in [1.807, 2.05) is 6.07 Å². The second-order valence-corrected chi connectivity index (χ2v) is 5.22. The Morgan fingerprint density at radius 3 is 2.72 bits per heavy atom. The zero-order valence-electron chi connectivity index (χ0n) is 10.2. The van der Waals surface area contributed by atoms with Crippen LogP contribution < -0.4 is 4.74 Å². The molecule has 1 aromatic rings. The molecule has 0 aliphatic carbocycles. The molecule has 5 heteroatoms. The van der Waals surface area contributed by atoms with E-state index in [0.29, 0.717) is 37.2 Å². The smallest absolute Gasteiger partial charge is 0.255 e. The van der Waals surface area contributed by atoms with E-state index in [1.165, 1.54) is 0 Å². The average Bonchev–Trinajstić information content (AvgIpc) is 2.39. The third-order valence-corrected chi connectivity index (χ3v) is 3.85. The summed E-state index contributed by atoms with van der Waals surface area (Å²) in [6.45, 7) is 1.20. The van der Waals surface area contributed by atoms with Crippen molar-refractivity contribution in [3.8, 4) is 5.75 Å². The first kappa shape index (κ1) is 13.4. The molecule has 1 saturated heterocycles. The molecule has 98 valence electrons. The predicted molar refractivity (Wildman–Crippen MR) is 71.8 cm³/mol. The number of amides is 1. The molecular weight excluding hydrogens is 298 g/mol. The van der Waals surface area contributed by atoms with E-state index in [-0.39, 0.29) is 12.0 Å². The Morgan fingerprint density at radius 2 is 2.11 bits per heavy atom. The van der Waals surface area contributed by atoms with Crippen molar-refractivity contribution in [1.82, 2.24) is 4.90 Å². The number of aliphatic hydroxyl groups excluding tert-OH is 1. The second kappa shape index (κ2) is 5.71. The number of carbonyl (C=O) groups excluding carboxylic acids is 1. The molecule has 0 radical (unpaired) electrons. The summed E-state index contributed by atoms with van der Waals surface area (Å²) in [5.74, 6) is 0.645. The Labute approximate surface area is 115 Å². The fourth-order valence-corrected chi connectivity index (χ4v) is 2.45. The topological polar surface area (TPSA) is 49.8 Å². The van der Waals surface area contributed by atoms with Gasteiger partial charge in [0, 0.05) is 17.6 Å². The van der Waals surface area contributed by atoms with Gasteiger partial charge in [-0.25, -0.2) is 0 Å². The van der Waals surface area contributed by atoms with Crippen molar-refractivity contribution in [3.63, 3.8) is 0 Å². The average molecular weight is 314 g/mol. The maximum absolute atomic E-state index is 12.4. The Kier molecular flexibility index (Phi) is 4.24. The Bertz CT molecular complexity index is 442. The first-order valence-electron chi connectivity index (χ1n) is 5.92. The van der Waals surface area contributed by atoms with Crippen LogP contribution in [0.3, 0.4) is 0 Å². The lowest BCUT2D eigenvalue weighted by atomic mass is 10.1. The molecule has 1 fully saturated rings. The summed E-state index contributed by atoms with van der Waals surface area (Å²) < 4.78 is 5.90. The summed E-state index contributed by atoms with van der Waals surface area (Å²) in [6.07, 6.45) is 1.02. The van der Waals surface area contributed by atoms with Gasteiger partial charge in [-0.3, -0.25) is 4.79 Å². The van der Waals surface area contributed by atoms with Crippen molar-refractivity contribution in [2.75, 3.05) is 20.2 Å². The van der Waals surface area contributed by atoms with Crippen LogP contribution in [-0.2, 0) is 0 Å². The quantitative estimate of drug-likeness (QED) is 0.909. The van der Waals surface area contributed by atoms with E-state index in [9.17, 15) is 9.90 Å². The summed E-state index contributed by atoms with van der Waals surface area (Å²) in [6, 6.07) is 5.35. The number of nitrogens with zero attached hydrogens (tertiary/aromatic N) is 1. The number of benzene rings is 1. The van der Waals surface area contributed by atoms with Gasteiger partial charge in [0.2, 0.25) is 0 Å². The highest BCUT2D eigenvalue weighted by Gasteiger charge is 2.23. The number of hydrogen-bond acceptors (Lipinski definition) is 3. The van der Waals surface area contributed by atoms with Gasteiger partial charge in [-0.2, -0.15) is 0 Å². The zero-order chi connectivity index (χ0) is 13.1. The van der Waals surface area contributed by atoms with E-state index in [0.717, 1.165) is 4.47 Å². The summed E-state index contributed by atoms with van der Waals surface area (Å²) in [4.78, 5) is 14.1. The molecule has 0 atom stereocenters. The van der Waals surface area contributed by atoms with Crippen molar-refractivity contribution < 1.29 is 14.6 Å². The van der Waals surface area contributed by atoms with E-state index >= 15 is 0 Å². The second-order valence-electron chi connectivity index (χ2n) is 4.37. The molecule has 0 saturated carbocycles. The van der Waals surface area contributed by atoms with Crippen molar-refractivity contribution in [2.24, 2.45) is 0 Å². The van der Waals surface area contributed by atoms with Gasteiger partial charge < -0.3 is 14.7 Å². The van der Waals surface area contributed by atoms with E-state index in [2.05, 4.69) is 15.9 Å². The number of carbonyl (C=O) groups is 1. The van der Waals surface area contributed by atoms with Crippen molar-refractivity contribution in [3.05, 3.63) is 28.2 Å². The maximum Gasteiger partial charge on any atom is 0.255 e. The van der Waals surface area contributed by atoms with Crippen LogP contribution in [0.5, 0.6) is 5.75 Å². The normalized spacial score (nSPS) is 16.7. The van der Waals surface area contributed by atoms with E-state index < -0.39 is 0 Å². The number of halogens is 1. The van der Waals surface area contributed by atoms with Crippen LogP contribution >= 0.6 is 15.9 Å². The summed E-state index contributed by atoms with van der Waals surface area (Å²) in [5, 5.41) is 9.45. The van der Waals surface area contributed by atoms with Crippen LogP contribution in [0.15, 0.2) is 22.7 Å². The Morgan fingerprint density at radius 1 is 1.44 bits per heavy atom. The molecule has 0 bridgehead atoms. The molecule has 0 aromatic heterocycles. The molecule has 1 heterocycles. The van der Waals surface area contributed by atoms with Gasteiger partial charge in [0.1, 0.15) is 5.75 Å². The lowest BCUT2D eigenvalue weighted by molar-refractivity contribution is 0.0545. The fraction of sp³-hybridized carbons (Fsp3) is 0.462. The third kappa shape index (κ3) is 2.84. The number of rotatable bonds is 2. The molecule has 1 aliphatic heterocycles. The van der Waals surface area contributed by atoms with Crippen LogP contribution in [-0.4, -0.2) is 42.2 Å². The number of hydrogen-bond donors (Lipinski definition) is 1. The highest BCUT2D eigenvalue weighted by Crippen LogP contribution is 2.25. The minimum absolute atomic E-state index is 0.0207. The van der Waals surface area contributed by atoms with Crippen LogP contribution in [0.25, 0.3) is 0 Å². The van der Waals surface area contributed by atoms with Gasteiger partial charge in [-0.1, -0.05) is 0 Å². The minimum Gasteiger partial charge on any atom is -0.497 e. The lowest BCUT2D eigenvalue weighted by Gasteiger charge is -2.30. The van der Waals surface area contributed by atoms with Gasteiger partial charge in [0.15, 0.2) is 0 Å². The molecule has 0 spiro atoms. The predicted octanol–water partition coefficient (Wildman–Crippen LogP) is 2.05. The van der Waals surface area contributed by atoms with Crippen LogP contribution in [0.4, 0.5) is 0 Å². The molecule has 1 aromatic carbocycles. The monoisotopic (exact) mass is 313 g/mol. The number of methoxy groups -OCH3 is 1. The highest BCUT2D eigenvalue weighted by atomic mass is 79.9. The summed E-state index contributed by atoms with van der Waals surface area (Å²) in [7, 11) is 1.58. The Balaban J connectivity index is 2.17. The fourth-order valence-electron chi connectivity index (χ4n) is 2.03. The number of ether oxygens (including phenoxy) is 1. The van der Waals surface area contributed by atoms with Gasteiger partial charge in [-0.15, -0.1) is 0 Å². The molecule has 0 unspecified atom stereocenters. The first-order chi connectivity index (χ1) is 8.61. The molecule has 18 heavy (non-hydrogen) atoms. The summed E-state index contributed by atoms with van der Waals surface area (Å²) in [5.41, 5.74) is 0.603. The third-order valence-electron chi connectivity index (χ3n) is 3.16. The van der Waals surface area contributed by atoms with Crippen LogP contribution in [0.1, 0.15) is 23.2 Å². The van der Waals surface area contributed by atoms with Crippen molar-refractivity contribution in [2.45, 2.75) is 18.9 Å². The van der Waals surface area contributed by atoms with Crippen molar-refractivity contribution >= 4 is 21.8 Å². The zero-order valence-corrected chi connectivity index (χ0v) is 11.8. The van der Waals surface area contributed by atoms with E-state index in [4.69, 9.17) is 4.74 Å². The summed E-state index contributed by atoms with van der Waals surface area (Å²) >= 11 is 3.39. The molecule has 4 nitrogen and oxygen atoms in total. The van der Waals surface area contributed by atoms with Gasteiger partial charge in [0.25, 0.3) is 5.91 Å². The molecule has 1 aliphatic rings. The molecule has 2 rings (SSSR count). The minimum atomic E-state index is -0.275. The van der Waals surface area contributed by atoms with Gasteiger partial charge in [-0.05, 0) is 47.0 Å². The van der Waals surface area contributed by atoms with Crippen molar-refractivity contribution in [1.29, 1.82) is 0 Å². The Hall–Kier alpha value is -1.07. The van der Waals surface area contributed by atoms with Crippen LogP contribution in [0.2, 0.25) is 0 Å².